The lowest BCUT2D eigenvalue weighted by Crippen LogP contribution is -2.33. The third-order valence-corrected chi connectivity index (χ3v) is 5.31. The Labute approximate surface area is 147 Å². The zero-order chi connectivity index (χ0) is 17.7. The summed E-state index contributed by atoms with van der Waals surface area (Å²) >= 11 is 5.85. The number of rotatable bonds is 7. The van der Waals surface area contributed by atoms with Gasteiger partial charge in [-0.15, -0.1) is 0 Å². The second kappa shape index (κ2) is 7.79. The van der Waals surface area contributed by atoms with E-state index >= 15 is 0 Å². The highest BCUT2D eigenvalue weighted by atomic mass is 35.5. The number of hydrogen-bond acceptors (Lipinski definition) is 4. The number of anilines is 1. The number of nitrogens with zero attached hydrogens (tertiary/aromatic N) is 1. The summed E-state index contributed by atoms with van der Waals surface area (Å²) in [4.78, 5) is 13.3. The topological polar surface area (TPSA) is 66.5 Å². The Balaban J connectivity index is 1.94. The van der Waals surface area contributed by atoms with Crippen LogP contribution >= 0.6 is 11.6 Å². The molecule has 0 atom stereocenters. The molecule has 0 aromatic heterocycles. The van der Waals surface area contributed by atoms with E-state index in [-0.39, 0.29) is 17.2 Å². The van der Waals surface area contributed by atoms with Crippen molar-refractivity contribution in [1.29, 1.82) is 0 Å². The van der Waals surface area contributed by atoms with E-state index in [9.17, 15) is 13.2 Å². The van der Waals surface area contributed by atoms with Crippen LogP contribution in [-0.2, 0) is 10.0 Å². The average Bonchev–Trinajstić information content (AvgIpc) is 2.55. The highest BCUT2D eigenvalue weighted by Crippen LogP contribution is 2.16. The van der Waals surface area contributed by atoms with Gasteiger partial charge in [0.25, 0.3) is 0 Å². The molecule has 0 aliphatic carbocycles. The Bertz CT molecular complexity index is 803. The molecule has 7 heteroatoms. The van der Waals surface area contributed by atoms with Gasteiger partial charge < -0.3 is 4.90 Å². The van der Waals surface area contributed by atoms with Crippen LogP contribution in [-0.4, -0.2) is 34.3 Å². The predicted octanol–water partition coefficient (Wildman–Crippen LogP) is 2.96. The molecule has 0 bridgehead atoms. The molecule has 0 aliphatic heterocycles. The van der Waals surface area contributed by atoms with Crippen LogP contribution in [0.3, 0.4) is 0 Å². The van der Waals surface area contributed by atoms with Gasteiger partial charge in [-0.2, -0.15) is 0 Å². The van der Waals surface area contributed by atoms with Crippen LogP contribution in [0, 0.1) is 0 Å². The second-order valence-electron chi connectivity index (χ2n) is 5.38. The zero-order valence-electron chi connectivity index (χ0n) is 13.5. The minimum absolute atomic E-state index is 0.100. The maximum atomic E-state index is 12.2. The highest BCUT2D eigenvalue weighted by Gasteiger charge is 2.14. The number of carbonyl (C=O) groups excluding carboxylic acids is 1. The van der Waals surface area contributed by atoms with Crippen LogP contribution in [0.4, 0.5) is 5.69 Å². The van der Waals surface area contributed by atoms with Crippen molar-refractivity contribution in [2.75, 3.05) is 25.0 Å². The molecule has 128 valence electrons. The fourth-order valence-electron chi connectivity index (χ4n) is 2.12. The lowest BCUT2D eigenvalue weighted by atomic mass is 10.2. The van der Waals surface area contributed by atoms with Crippen molar-refractivity contribution in [1.82, 2.24) is 4.72 Å². The van der Waals surface area contributed by atoms with Gasteiger partial charge >= 0.3 is 0 Å². The second-order valence-corrected chi connectivity index (χ2v) is 7.58. The quantitative estimate of drug-likeness (QED) is 0.765. The van der Waals surface area contributed by atoms with Crippen LogP contribution in [0.25, 0.3) is 0 Å². The number of hydrogen-bond donors (Lipinski definition) is 1. The standard InChI is InChI=1S/C17H19ClN2O3S/c1-13(21)14-3-9-17(10-4-14)24(22,23)19-11-12-20(2)16-7-5-15(18)6-8-16/h3-10,19H,11-12H2,1-2H3. The van der Waals surface area contributed by atoms with Crippen molar-refractivity contribution in [2.24, 2.45) is 0 Å². The summed E-state index contributed by atoms with van der Waals surface area (Å²) in [5.74, 6) is -0.100. The number of ketones is 1. The van der Waals surface area contributed by atoms with Gasteiger partial charge in [0, 0.05) is 36.4 Å². The summed E-state index contributed by atoms with van der Waals surface area (Å²) in [7, 11) is -1.72. The predicted molar refractivity (Wildman–Crippen MR) is 96.4 cm³/mol. The summed E-state index contributed by atoms with van der Waals surface area (Å²) in [6.07, 6.45) is 0. The highest BCUT2D eigenvalue weighted by molar-refractivity contribution is 7.89. The summed E-state index contributed by atoms with van der Waals surface area (Å²) in [5.41, 5.74) is 1.43. The summed E-state index contributed by atoms with van der Waals surface area (Å²) in [6.45, 7) is 2.21. The Morgan fingerprint density at radius 2 is 1.67 bits per heavy atom. The van der Waals surface area contributed by atoms with Crippen LogP contribution in [0.1, 0.15) is 17.3 Å². The Morgan fingerprint density at radius 1 is 1.08 bits per heavy atom. The average molecular weight is 367 g/mol. The maximum Gasteiger partial charge on any atom is 0.240 e. The molecule has 0 saturated heterocycles. The molecule has 0 amide bonds. The number of benzene rings is 2. The first-order chi connectivity index (χ1) is 11.3. The normalized spacial score (nSPS) is 11.3. The molecule has 0 unspecified atom stereocenters. The van der Waals surface area contributed by atoms with Gasteiger partial charge in [0.15, 0.2) is 5.78 Å². The van der Waals surface area contributed by atoms with E-state index in [1.165, 1.54) is 31.2 Å². The molecule has 24 heavy (non-hydrogen) atoms. The van der Waals surface area contributed by atoms with E-state index in [0.717, 1.165) is 5.69 Å². The van der Waals surface area contributed by atoms with Gasteiger partial charge in [-0.25, -0.2) is 13.1 Å². The maximum absolute atomic E-state index is 12.2. The number of Topliss-reactive ketones (excluding diaryl/α,β-unsaturated/α-hetero) is 1. The minimum Gasteiger partial charge on any atom is -0.373 e. The number of sulfonamides is 1. The molecule has 1 N–H and O–H groups in total. The van der Waals surface area contributed by atoms with E-state index in [4.69, 9.17) is 11.6 Å². The van der Waals surface area contributed by atoms with E-state index < -0.39 is 10.0 Å². The van der Waals surface area contributed by atoms with Crippen molar-refractivity contribution in [2.45, 2.75) is 11.8 Å². The van der Waals surface area contributed by atoms with Gasteiger partial charge in [-0.05, 0) is 43.3 Å². The largest absolute Gasteiger partial charge is 0.373 e. The third kappa shape index (κ3) is 4.80. The zero-order valence-corrected chi connectivity index (χ0v) is 15.1. The minimum atomic E-state index is -3.60. The van der Waals surface area contributed by atoms with Gasteiger partial charge in [-0.3, -0.25) is 4.79 Å². The number of nitrogens with one attached hydrogen (secondary N) is 1. The third-order valence-electron chi connectivity index (χ3n) is 3.58. The fourth-order valence-corrected chi connectivity index (χ4v) is 3.27. The number of carbonyl (C=O) groups is 1. The summed E-state index contributed by atoms with van der Waals surface area (Å²) < 4.78 is 27.0. The Kier molecular flexibility index (Phi) is 5.99. The lowest BCUT2D eigenvalue weighted by molar-refractivity contribution is 0.101. The molecule has 2 aromatic carbocycles. The van der Waals surface area contributed by atoms with Crippen molar-refractivity contribution >= 4 is 33.1 Å². The molecule has 2 aromatic rings. The molecule has 5 nitrogen and oxygen atoms in total. The Morgan fingerprint density at radius 3 is 2.21 bits per heavy atom. The fraction of sp³-hybridized carbons (Fsp3) is 0.235. The SMILES string of the molecule is CC(=O)c1ccc(S(=O)(=O)NCCN(C)c2ccc(Cl)cc2)cc1. The number of halogens is 1. The number of likely N-dealkylation sites (N-methyl/N-ethyl adjacent to an activating group) is 1. The van der Waals surface area contributed by atoms with Gasteiger partial charge in [0.05, 0.1) is 4.90 Å². The van der Waals surface area contributed by atoms with Crippen LogP contribution in [0.5, 0.6) is 0 Å². The molecule has 2 rings (SSSR count). The molecular formula is C17H19ClN2O3S. The smallest absolute Gasteiger partial charge is 0.240 e. The first-order valence-corrected chi connectivity index (χ1v) is 9.23. The first kappa shape index (κ1) is 18.4. The van der Waals surface area contributed by atoms with Crippen molar-refractivity contribution in [3.8, 4) is 0 Å². The van der Waals surface area contributed by atoms with Crippen molar-refractivity contribution < 1.29 is 13.2 Å². The molecule has 0 saturated carbocycles. The van der Waals surface area contributed by atoms with Gasteiger partial charge in [0.1, 0.15) is 0 Å². The van der Waals surface area contributed by atoms with E-state index in [2.05, 4.69) is 4.72 Å². The first-order valence-electron chi connectivity index (χ1n) is 7.37. The van der Waals surface area contributed by atoms with E-state index in [1.54, 1.807) is 12.1 Å². The molecule has 0 fully saturated rings. The Hall–Kier alpha value is -1.89. The lowest BCUT2D eigenvalue weighted by Gasteiger charge is -2.19. The molecule has 0 heterocycles. The monoisotopic (exact) mass is 366 g/mol. The summed E-state index contributed by atoms with van der Waals surface area (Å²) in [5, 5.41) is 0.655. The molecule has 0 aliphatic rings. The van der Waals surface area contributed by atoms with Crippen molar-refractivity contribution in [3.05, 3.63) is 59.1 Å². The van der Waals surface area contributed by atoms with Crippen molar-refractivity contribution in [3.63, 3.8) is 0 Å². The van der Waals surface area contributed by atoms with E-state index in [1.807, 2.05) is 24.1 Å². The summed E-state index contributed by atoms with van der Waals surface area (Å²) in [6, 6.07) is 13.2. The molecule has 0 radical (unpaired) electrons. The van der Waals surface area contributed by atoms with Crippen LogP contribution < -0.4 is 9.62 Å². The van der Waals surface area contributed by atoms with Crippen LogP contribution in [0.15, 0.2) is 53.4 Å². The molecule has 0 spiro atoms. The molecular weight excluding hydrogens is 348 g/mol. The van der Waals surface area contributed by atoms with Gasteiger partial charge in [-0.1, -0.05) is 23.7 Å². The van der Waals surface area contributed by atoms with Crippen LogP contribution in [0.2, 0.25) is 5.02 Å². The van der Waals surface area contributed by atoms with Gasteiger partial charge in [0.2, 0.25) is 10.0 Å². The van der Waals surface area contributed by atoms with E-state index in [0.29, 0.717) is 17.1 Å².